The summed E-state index contributed by atoms with van der Waals surface area (Å²) in [5.41, 5.74) is 3.79. The smallest absolute Gasteiger partial charge is 0.261 e. The molecule has 0 unspecified atom stereocenters. The van der Waals surface area contributed by atoms with Gasteiger partial charge >= 0.3 is 0 Å². The molecule has 1 saturated heterocycles. The Morgan fingerprint density at radius 2 is 1.60 bits per heavy atom. The Morgan fingerprint density at radius 3 is 2.17 bits per heavy atom. The van der Waals surface area contributed by atoms with Crippen molar-refractivity contribution in [3.05, 3.63) is 65.2 Å². The minimum atomic E-state index is -0.486. The number of nitrogens with zero attached hydrogens (tertiary/aromatic N) is 1. The van der Waals surface area contributed by atoms with Crippen LogP contribution in [-0.4, -0.2) is 30.0 Å². The molecule has 0 aliphatic carbocycles. The number of benzene rings is 2. The van der Waals surface area contributed by atoms with Crippen LogP contribution in [0.15, 0.2) is 48.5 Å². The lowest BCUT2D eigenvalue weighted by Crippen LogP contribution is -2.37. The second-order valence-corrected chi connectivity index (χ2v) is 9.31. The van der Waals surface area contributed by atoms with Crippen LogP contribution < -0.4 is 10.1 Å². The third-order valence-corrected chi connectivity index (χ3v) is 5.76. The Labute approximate surface area is 181 Å². The van der Waals surface area contributed by atoms with Gasteiger partial charge in [0.05, 0.1) is 0 Å². The molecule has 0 aromatic heterocycles. The molecule has 0 spiro atoms. The van der Waals surface area contributed by atoms with Crippen LogP contribution in [0.1, 0.15) is 63.6 Å². The molecule has 2 aromatic rings. The Morgan fingerprint density at radius 1 is 1.00 bits per heavy atom. The molecule has 2 aromatic carbocycles. The number of likely N-dealkylation sites (tertiary alicyclic amines) is 1. The summed E-state index contributed by atoms with van der Waals surface area (Å²) in [4.78, 5) is 15.1. The van der Waals surface area contributed by atoms with Crippen LogP contribution in [0.4, 0.5) is 0 Å². The molecule has 0 radical (unpaired) electrons. The lowest BCUT2D eigenvalue weighted by Gasteiger charge is -2.21. The SMILES string of the molecule is CC[C@H](Oc1ccc(C(C)(C)C)cc1)C(=O)NCc1ccc(CN2CCCC2)cc1. The molecule has 4 nitrogen and oxygen atoms in total. The third-order valence-electron chi connectivity index (χ3n) is 5.76. The van der Waals surface area contributed by atoms with E-state index in [-0.39, 0.29) is 11.3 Å². The van der Waals surface area contributed by atoms with Crippen LogP contribution in [-0.2, 0) is 23.3 Å². The average Bonchev–Trinajstić information content (AvgIpc) is 3.24. The highest BCUT2D eigenvalue weighted by atomic mass is 16.5. The summed E-state index contributed by atoms with van der Waals surface area (Å²) < 4.78 is 5.96. The summed E-state index contributed by atoms with van der Waals surface area (Å²) in [7, 11) is 0. The molecule has 0 bridgehead atoms. The van der Waals surface area contributed by atoms with Gasteiger partial charge < -0.3 is 10.1 Å². The predicted octanol–water partition coefficient (Wildman–Crippen LogP) is 5.05. The van der Waals surface area contributed by atoms with E-state index in [1.807, 2.05) is 19.1 Å². The monoisotopic (exact) mass is 408 g/mol. The van der Waals surface area contributed by atoms with E-state index in [4.69, 9.17) is 4.74 Å². The third kappa shape index (κ3) is 6.33. The quantitative estimate of drug-likeness (QED) is 0.664. The van der Waals surface area contributed by atoms with E-state index in [2.05, 4.69) is 67.4 Å². The molecule has 30 heavy (non-hydrogen) atoms. The van der Waals surface area contributed by atoms with Crippen molar-refractivity contribution in [1.29, 1.82) is 0 Å². The minimum absolute atomic E-state index is 0.0708. The molecule has 1 aliphatic heterocycles. The molecule has 4 heteroatoms. The maximum absolute atomic E-state index is 12.6. The fraction of sp³-hybridized carbons (Fsp3) is 0.500. The van der Waals surface area contributed by atoms with E-state index in [0.29, 0.717) is 13.0 Å². The van der Waals surface area contributed by atoms with Gasteiger partial charge in [0.1, 0.15) is 5.75 Å². The standard InChI is InChI=1S/C26H36N2O2/c1-5-24(30-23-14-12-22(13-15-23)26(2,3)4)25(29)27-18-20-8-10-21(11-9-20)19-28-16-6-7-17-28/h8-15,24H,5-7,16-19H2,1-4H3,(H,27,29)/t24-/m0/s1. The molecule has 0 saturated carbocycles. The summed E-state index contributed by atoms with van der Waals surface area (Å²) in [6, 6.07) is 16.6. The topological polar surface area (TPSA) is 41.6 Å². The summed E-state index contributed by atoms with van der Waals surface area (Å²) in [6.07, 6.45) is 2.76. The van der Waals surface area contributed by atoms with Gasteiger partial charge in [-0.1, -0.05) is 64.1 Å². The predicted molar refractivity (Wildman–Crippen MR) is 123 cm³/mol. The number of ether oxygens (including phenoxy) is 1. The summed E-state index contributed by atoms with van der Waals surface area (Å²) in [5.74, 6) is 0.662. The van der Waals surface area contributed by atoms with Gasteiger partial charge in [0, 0.05) is 13.1 Å². The van der Waals surface area contributed by atoms with Crippen molar-refractivity contribution in [2.75, 3.05) is 13.1 Å². The van der Waals surface area contributed by atoms with E-state index in [1.54, 1.807) is 0 Å². The maximum Gasteiger partial charge on any atom is 0.261 e. The number of hydrogen-bond acceptors (Lipinski definition) is 3. The normalized spacial score (nSPS) is 15.7. The van der Waals surface area contributed by atoms with Crippen LogP contribution in [0.5, 0.6) is 5.75 Å². The van der Waals surface area contributed by atoms with Gasteiger partial charge in [-0.25, -0.2) is 0 Å². The fourth-order valence-corrected chi connectivity index (χ4v) is 3.78. The second kappa shape index (κ2) is 10.1. The maximum atomic E-state index is 12.6. The summed E-state index contributed by atoms with van der Waals surface area (Å²) in [5, 5.41) is 3.02. The molecular formula is C26H36N2O2. The van der Waals surface area contributed by atoms with Crippen molar-refractivity contribution in [1.82, 2.24) is 10.2 Å². The molecule has 1 N–H and O–H groups in total. The first-order valence-corrected chi connectivity index (χ1v) is 11.2. The van der Waals surface area contributed by atoms with Crippen molar-refractivity contribution >= 4 is 5.91 Å². The van der Waals surface area contributed by atoms with Crippen molar-refractivity contribution in [2.45, 2.75) is 71.6 Å². The van der Waals surface area contributed by atoms with E-state index in [1.165, 1.54) is 37.1 Å². The van der Waals surface area contributed by atoms with Crippen molar-refractivity contribution in [3.63, 3.8) is 0 Å². The van der Waals surface area contributed by atoms with Gasteiger partial charge in [0.25, 0.3) is 5.91 Å². The minimum Gasteiger partial charge on any atom is -0.481 e. The molecule has 162 valence electrons. The van der Waals surface area contributed by atoms with Crippen LogP contribution >= 0.6 is 0 Å². The Kier molecular flexibility index (Phi) is 7.54. The first-order chi connectivity index (χ1) is 14.3. The molecule has 1 atom stereocenters. The largest absolute Gasteiger partial charge is 0.481 e. The number of carbonyl (C=O) groups excluding carboxylic acids is 1. The van der Waals surface area contributed by atoms with Gasteiger partial charge in [-0.15, -0.1) is 0 Å². The first kappa shape index (κ1) is 22.4. The number of nitrogens with one attached hydrogen (secondary N) is 1. The van der Waals surface area contributed by atoms with Crippen molar-refractivity contribution in [2.24, 2.45) is 0 Å². The lowest BCUT2D eigenvalue weighted by atomic mass is 9.87. The second-order valence-electron chi connectivity index (χ2n) is 9.31. The van der Waals surface area contributed by atoms with Crippen LogP contribution in [0.3, 0.4) is 0 Å². The van der Waals surface area contributed by atoms with Crippen molar-refractivity contribution in [3.8, 4) is 5.75 Å². The summed E-state index contributed by atoms with van der Waals surface area (Å²) in [6.45, 7) is 12.5. The highest BCUT2D eigenvalue weighted by Crippen LogP contribution is 2.25. The molecule has 1 fully saturated rings. The van der Waals surface area contributed by atoms with Crippen LogP contribution in [0.25, 0.3) is 0 Å². The van der Waals surface area contributed by atoms with Gasteiger partial charge in [-0.3, -0.25) is 9.69 Å². The molecular weight excluding hydrogens is 372 g/mol. The fourth-order valence-electron chi connectivity index (χ4n) is 3.78. The van der Waals surface area contributed by atoms with E-state index in [0.717, 1.165) is 17.9 Å². The van der Waals surface area contributed by atoms with E-state index < -0.39 is 6.10 Å². The Balaban J connectivity index is 1.49. The zero-order chi connectivity index (χ0) is 21.6. The van der Waals surface area contributed by atoms with Gasteiger partial charge in [0.15, 0.2) is 6.10 Å². The van der Waals surface area contributed by atoms with Crippen LogP contribution in [0.2, 0.25) is 0 Å². The van der Waals surface area contributed by atoms with E-state index in [9.17, 15) is 4.79 Å². The highest BCUT2D eigenvalue weighted by Gasteiger charge is 2.19. The van der Waals surface area contributed by atoms with Gasteiger partial charge in [-0.2, -0.15) is 0 Å². The first-order valence-electron chi connectivity index (χ1n) is 11.2. The van der Waals surface area contributed by atoms with Crippen LogP contribution in [0, 0.1) is 0 Å². The lowest BCUT2D eigenvalue weighted by molar-refractivity contribution is -0.128. The average molecular weight is 409 g/mol. The molecule has 1 heterocycles. The summed E-state index contributed by atoms with van der Waals surface area (Å²) >= 11 is 0. The number of carbonyl (C=O) groups is 1. The number of rotatable bonds is 8. The highest BCUT2D eigenvalue weighted by molar-refractivity contribution is 5.81. The zero-order valence-electron chi connectivity index (χ0n) is 18.9. The number of hydrogen-bond donors (Lipinski definition) is 1. The molecule has 1 aliphatic rings. The van der Waals surface area contributed by atoms with Gasteiger partial charge in [-0.05, 0) is 66.6 Å². The molecule has 1 amide bonds. The van der Waals surface area contributed by atoms with Gasteiger partial charge in [0.2, 0.25) is 0 Å². The van der Waals surface area contributed by atoms with E-state index >= 15 is 0 Å². The molecule has 3 rings (SSSR count). The Bertz CT molecular complexity index is 800. The Hall–Kier alpha value is -2.33. The number of amides is 1. The van der Waals surface area contributed by atoms with Crippen molar-refractivity contribution < 1.29 is 9.53 Å². The zero-order valence-corrected chi connectivity index (χ0v) is 18.9.